The molecule has 2 rings (SSSR count). The normalized spacial score (nSPS) is 10.3. The summed E-state index contributed by atoms with van der Waals surface area (Å²) in [6.45, 7) is 1.39. The van der Waals surface area contributed by atoms with Crippen LogP contribution < -0.4 is 24.8 Å². The van der Waals surface area contributed by atoms with Gasteiger partial charge in [-0.25, -0.2) is 0 Å². The van der Waals surface area contributed by atoms with E-state index in [1.165, 1.54) is 0 Å². The molecule has 6 heteroatoms. The summed E-state index contributed by atoms with van der Waals surface area (Å²) in [4.78, 5) is 12.0. The Morgan fingerprint density at radius 2 is 1.65 bits per heavy atom. The van der Waals surface area contributed by atoms with E-state index in [0.29, 0.717) is 24.6 Å². The van der Waals surface area contributed by atoms with Crippen LogP contribution in [0.25, 0.3) is 0 Å². The molecule has 2 N–H and O–H groups in total. The molecular formula is C20H26N2O4. The van der Waals surface area contributed by atoms with Crippen molar-refractivity contribution in [1.29, 1.82) is 0 Å². The molecule has 0 atom stereocenters. The fraction of sp³-hybridized carbons (Fsp3) is 0.350. The van der Waals surface area contributed by atoms with E-state index < -0.39 is 0 Å². The number of nitrogens with one attached hydrogen (secondary N) is 2. The van der Waals surface area contributed by atoms with Gasteiger partial charge >= 0.3 is 0 Å². The molecule has 0 heterocycles. The summed E-state index contributed by atoms with van der Waals surface area (Å²) in [5, 5.41) is 6.04. The van der Waals surface area contributed by atoms with Crippen LogP contribution in [0.5, 0.6) is 17.2 Å². The molecule has 1 amide bonds. The maximum Gasteiger partial charge on any atom is 0.233 e. The number of carbonyl (C=O) groups excluding carboxylic acids is 1. The average Bonchev–Trinajstić information content (AvgIpc) is 2.68. The van der Waals surface area contributed by atoms with Crippen LogP contribution in [0.3, 0.4) is 0 Å². The van der Waals surface area contributed by atoms with Crippen LogP contribution in [0, 0.1) is 0 Å². The number of carbonyl (C=O) groups is 1. The molecule has 2 aromatic carbocycles. The van der Waals surface area contributed by atoms with Crippen molar-refractivity contribution in [1.82, 2.24) is 10.6 Å². The van der Waals surface area contributed by atoms with Crippen molar-refractivity contribution < 1.29 is 19.0 Å². The monoisotopic (exact) mass is 358 g/mol. The lowest BCUT2D eigenvalue weighted by Gasteiger charge is -2.11. The van der Waals surface area contributed by atoms with Crippen LogP contribution in [-0.2, 0) is 17.8 Å². The lowest BCUT2D eigenvalue weighted by Crippen LogP contribution is -2.34. The number of benzene rings is 2. The van der Waals surface area contributed by atoms with Crippen LogP contribution in [0.2, 0.25) is 0 Å². The van der Waals surface area contributed by atoms with Crippen LogP contribution in [-0.4, -0.2) is 40.3 Å². The number of rotatable bonds is 10. The van der Waals surface area contributed by atoms with E-state index in [1.54, 1.807) is 21.3 Å². The van der Waals surface area contributed by atoms with Gasteiger partial charge in [-0.15, -0.1) is 0 Å². The fourth-order valence-electron chi connectivity index (χ4n) is 2.60. The fourth-order valence-corrected chi connectivity index (χ4v) is 2.60. The van der Waals surface area contributed by atoms with Gasteiger partial charge < -0.3 is 24.8 Å². The number of para-hydroxylation sites is 1. The Hall–Kier alpha value is -2.73. The van der Waals surface area contributed by atoms with E-state index in [1.807, 2.05) is 42.5 Å². The van der Waals surface area contributed by atoms with E-state index in [2.05, 4.69) is 10.6 Å². The van der Waals surface area contributed by atoms with Crippen molar-refractivity contribution in [2.24, 2.45) is 0 Å². The molecular weight excluding hydrogens is 332 g/mol. The van der Waals surface area contributed by atoms with Gasteiger partial charge in [-0.05, 0) is 30.2 Å². The van der Waals surface area contributed by atoms with Crippen molar-refractivity contribution in [2.45, 2.75) is 13.0 Å². The van der Waals surface area contributed by atoms with Crippen molar-refractivity contribution >= 4 is 5.91 Å². The molecule has 0 unspecified atom stereocenters. The summed E-state index contributed by atoms with van der Waals surface area (Å²) < 4.78 is 15.8. The standard InChI is InChI=1S/C20H26N2O4/c1-24-17-7-5-4-6-16(17)13-21-14-20(23)22-11-10-15-8-9-18(25-2)19(12-15)26-3/h4-9,12,21H,10-11,13-14H2,1-3H3,(H,22,23). The first-order valence-corrected chi connectivity index (χ1v) is 8.48. The largest absolute Gasteiger partial charge is 0.496 e. The van der Waals surface area contributed by atoms with Gasteiger partial charge in [0, 0.05) is 18.7 Å². The predicted molar refractivity (Wildman–Crippen MR) is 101 cm³/mol. The van der Waals surface area contributed by atoms with E-state index in [4.69, 9.17) is 14.2 Å². The van der Waals surface area contributed by atoms with E-state index in [-0.39, 0.29) is 12.5 Å². The van der Waals surface area contributed by atoms with Gasteiger partial charge in [-0.2, -0.15) is 0 Å². The number of ether oxygens (including phenoxy) is 3. The van der Waals surface area contributed by atoms with Crippen LogP contribution in [0.4, 0.5) is 0 Å². The zero-order chi connectivity index (χ0) is 18.8. The third kappa shape index (κ3) is 5.67. The molecule has 0 fully saturated rings. The molecule has 26 heavy (non-hydrogen) atoms. The van der Waals surface area contributed by atoms with E-state index >= 15 is 0 Å². The van der Waals surface area contributed by atoms with Crippen LogP contribution in [0.1, 0.15) is 11.1 Å². The first kappa shape index (κ1) is 19.6. The van der Waals surface area contributed by atoms with E-state index in [9.17, 15) is 4.79 Å². The average molecular weight is 358 g/mol. The summed E-state index contributed by atoms with van der Waals surface area (Å²) >= 11 is 0. The highest BCUT2D eigenvalue weighted by atomic mass is 16.5. The van der Waals surface area contributed by atoms with Crippen molar-refractivity contribution in [3.05, 3.63) is 53.6 Å². The van der Waals surface area contributed by atoms with Gasteiger partial charge in [0.25, 0.3) is 0 Å². The second-order valence-electron chi connectivity index (χ2n) is 5.70. The highest BCUT2D eigenvalue weighted by Crippen LogP contribution is 2.27. The van der Waals surface area contributed by atoms with E-state index in [0.717, 1.165) is 23.3 Å². The Kier molecular flexibility index (Phi) is 7.76. The minimum atomic E-state index is -0.0413. The quantitative estimate of drug-likeness (QED) is 0.681. The zero-order valence-electron chi connectivity index (χ0n) is 15.5. The minimum absolute atomic E-state index is 0.0413. The topological polar surface area (TPSA) is 68.8 Å². The molecule has 6 nitrogen and oxygen atoms in total. The van der Waals surface area contributed by atoms with Crippen LogP contribution >= 0.6 is 0 Å². The number of hydrogen-bond acceptors (Lipinski definition) is 5. The Balaban J connectivity index is 1.72. The van der Waals surface area contributed by atoms with Gasteiger partial charge in [0.2, 0.25) is 5.91 Å². The van der Waals surface area contributed by atoms with Gasteiger partial charge in [-0.1, -0.05) is 24.3 Å². The van der Waals surface area contributed by atoms with Gasteiger partial charge in [0.05, 0.1) is 27.9 Å². The highest BCUT2D eigenvalue weighted by molar-refractivity contribution is 5.78. The first-order valence-electron chi connectivity index (χ1n) is 8.48. The molecule has 0 radical (unpaired) electrons. The maximum atomic E-state index is 12.0. The van der Waals surface area contributed by atoms with Crippen molar-refractivity contribution in [3.8, 4) is 17.2 Å². The number of amides is 1. The molecule has 0 aliphatic rings. The minimum Gasteiger partial charge on any atom is -0.496 e. The maximum absolute atomic E-state index is 12.0. The summed E-state index contributed by atoms with van der Waals surface area (Å²) in [5.41, 5.74) is 2.10. The third-order valence-corrected chi connectivity index (χ3v) is 3.98. The summed E-state index contributed by atoms with van der Waals surface area (Å²) in [7, 11) is 4.85. The lowest BCUT2D eigenvalue weighted by atomic mass is 10.1. The molecule has 0 bridgehead atoms. The van der Waals surface area contributed by atoms with Gasteiger partial charge in [0.15, 0.2) is 11.5 Å². The smallest absolute Gasteiger partial charge is 0.233 e. The van der Waals surface area contributed by atoms with Crippen molar-refractivity contribution in [3.63, 3.8) is 0 Å². The molecule has 0 aliphatic carbocycles. The zero-order valence-corrected chi connectivity index (χ0v) is 15.5. The Labute approximate surface area is 154 Å². The predicted octanol–water partition coefficient (Wildman–Crippen LogP) is 2.16. The van der Waals surface area contributed by atoms with Gasteiger partial charge in [-0.3, -0.25) is 4.79 Å². The molecule has 0 spiro atoms. The molecule has 140 valence electrons. The second kappa shape index (κ2) is 10.3. The number of methoxy groups -OCH3 is 3. The Morgan fingerprint density at radius 1 is 0.923 bits per heavy atom. The molecule has 0 aromatic heterocycles. The second-order valence-corrected chi connectivity index (χ2v) is 5.70. The van der Waals surface area contributed by atoms with Crippen molar-refractivity contribution in [2.75, 3.05) is 34.4 Å². The third-order valence-electron chi connectivity index (χ3n) is 3.98. The molecule has 0 saturated carbocycles. The Bertz CT molecular complexity index is 719. The summed E-state index contributed by atoms with van der Waals surface area (Å²) in [6.07, 6.45) is 0.721. The highest BCUT2D eigenvalue weighted by Gasteiger charge is 2.06. The summed E-state index contributed by atoms with van der Waals surface area (Å²) in [6, 6.07) is 13.5. The lowest BCUT2D eigenvalue weighted by molar-refractivity contribution is -0.120. The Morgan fingerprint density at radius 3 is 2.38 bits per heavy atom. The SMILES string of the molecule is COc1ccccc1CNCC(=O)NCCc1ccc(OC)c(OC)c1. The molecule has 2 aromatic rings. The van der Waals surface area contributed by atoms with Crippen LogP contribution in [0.15, 0.2) is 42.5 Å². The summed E-state index contributed by atoms with van der Waals surface area (Å²) in [5.74, 6) is 2.16. The first-order chi connectivity index (χ1) is 12.7. The van der Waals surface area contributed by atoms with Gasteiger partial charge in [0.1, 0.15) is 5.75 Å². The molecule has 0 aliphatic heterocycles. The number of hydrogen-bond donors (Lipinski definition) is 2. The molecule has 0 saturated heterocycles.